The van der Waals surface area contributed by atoms with Crippen molar-refractivity contribution in [2.45, 2.75) is 26.2 Å². The molecule has 0 fully saturated rings. The zero-order chi connectivity index (χ0) is 10.8. The van der Waals surface area contributed by atoms with Crippen molar-refractivity contribution in [3.8, 4) is 0 Å². The second kappa shape index (κ2) is 3.89. The topological polar surface area (TPSA) is 37.3 Å². The molecule has 0 amide bonds. The van der Waals surface area contributed by atoms with Crippen molar-refractivity contribution >= 4 is 11.5 Å². The lowest BCUT2D eigenvalue weighted by Gasteiger charge is -2.07. The molecule has 0 spiro atoms. The zero-order valence-corrected chi connectivity index (χ0v) is 8.79. The van der Waals surface area contributed by atoms with Gasteiger partial charge in [-0.1, -0.05) is 12.1 Å². The van der Waals surface area contributed by atoms with Gasteiger partial charge in [0.2, 0.25) is 0 Å². The minimum Gasteiger partial charge on any atom is -0.478 e. The van der Waals surface area contributed by atoms with Gasteiger partial charge >= 0.3 is 5.97 Å². The van der Waals surface area contributed by atoms with Crippen molar-refractivity contribution in [2.75, 3.05) is 0 Å². The summed E-state index contributed by atoms with van der Waals surface area (Å²) >= 11 is 0. The molecule has 0 bridgehead atoms. The molecule has 0 heterocycles. The SMILES string of the molecule is Cc1cc(C(=O)O)ccc1C1=CCCC1. The summed E-state index contributed by atoms with van der Waals surface area (Å²) in [7, 11) is 0. The molecule has 78 valence electrons. The Balaban J connectivity index is 2.38. The highest BCUT2D eigenvalue weighted by atomic mass is 16.4. The zero-order valence-electron chi connectivity index (χ0n) is 8.79. The molecule has 15 heavy (non-hydrogen) atoms. The van der Waals surface area contributed by atoms with E-state index in [4.69, 9.17) is 5.11 Å². The van der Waals surface area contributed by atoms with Gasteiger partial charge < -0.3 is 5.11 Å². The quantitative estimate of drug-likeness (QED) is 0.799. The van der Waals surface area contributed by atoms with E-state index in [-0.39, 0.29) is 0 Å². The minimum absolute atomic E-state index is 0.370. The van der Waals surface area contributed by atoms with E-state index in [0.29, 0.717) is 5.56 Å². The molecule has 0 aromatic heterocycles. The Hall–Kier alpha value is -1.57. The molecule has 0 atom stereocenters. The van der Waals surface area contributed by atoms with Gasteiger partial charge in [0.1, 0.15) is 0 Å². The lowest BCUT2D eigenvalue weighted by atomic mass is 9.98. The Morgan fingerprint density at radius 1 is 1.40 bits per heavy atom. The average molecular weight is 202 g/mol. The fraction of sp³-hybridized carbons (Fsp3) is 0.308. The molecule has 0 radical (unpaired) electrons. The van der Waals surface area contributed by atoms with Gasteiger partial charge in [-0.3, -0.25) is 0 Å². The summed E-state index contributed by atoms with van der Waals surface area (Å²) in [5, 5.41) is 8.85. The summed E-state index contributed by atoms with van der Waals surface area (Å²) in [4.78, 5) is 10.8. The lowest BCUT2D eigenvalue weighted by molar-refractivity contribution is 0.0697. The molecule has 2 rings (SSSR count). The summed E-state index contributed by atoms with van der Waals surface area (Å²) in [6.45, 7) is 1.97. The van der Waals surface area contributed by atoms with Crippen LogP contribution in [0, 0.1) is 6.92 Å². The number of hydrogen-bond donors (Lipinski definition) is 1. The first-order valence-electron chi connectivity index (χ1n) is 5.22. The van der Waals surface area contributed by atoms with Gasteiger partial charge in [-0.2, -0.15) is 0 Å². The largest absolute Gasteiger partial charge is 0.478 e. The smallest absolute Gasteiger partial charge is 0.335 e. The maximum Gasteiger partial charge on any atom is 0.335 e. The number of carbonyl (C=O) groups is 1. The predicted octanol–water partition coefficient (Wildman–Crippen LogP) is 3.26. The van der Waals surface area contributed by atoms with Gasteiger partial charge in [-0.25, -0.2) is 4.79 Å². The van der Waals surface area contributed by atoms with Crippen LogP contribution in [-0.2, 0) is 0 Å². The number of benzene rings is 1. The first-order chi connectivity index (χ1) is 7.18. The molecule has 2 heteroatoms. The molecule has 1 aliphatic rings. The first kappa shape index (κ1) is 9.97. The number of rotatable bonds is 2. The molecule has 0 unspecified atom stereocenters. The van der Waals surface area contributed by atoms with Gasteiger partial charge in [0.15, 0.2) is 0 Å². The van der Waals surface area contributed by atoms with E-state index in [1.54, 1.807) is 12.1 Å². The first-order valence-corrected chi connectivity index (χ1v) is 5.22. The lowest BCUT2D eigenvalue weighted by Crippen LogP contribution is -1.98. The van der Waals surface area contributed by atoms with Gasteiger partial charge in [-0.05, 0) is 55.0 Å². The second-order valence-corrected chi connectivity index (χ2v) is 3.96. The van der Waals surface area contributed by atoms with E-state index < -0.39 is 5.97 Å². The van der Waals surface area contributed by atoms with Crippen molar-refractivity contribution in [3.05, 3.63) is 41.0 Å². The van der Waals surface area contributed by atoms with E-state index in [0.717, 1.165) is 18.4 Å². The summed E-state index contributed by atoms with van der Waals surface area (Å²) in [5.41, 5.74) is 4.00. The number of allylic oxidation sites excluding steroid dienone is 2. The molecule has 1 aromatic carbocycles. The molecule has 0 aliphatic heterocycles. The van der Waals surface area contributed by atoms with Crippen molar-refractivity contribution in [3.63, 3.8) is 0 Å². The Morgan fingerprint density at radius 3 is 2.73 bits per heavy atom. The summed E-state index contributed by atoms with van der Waals surface area (Å²) in [5.74, 6) is -0.856. The highest BCUT2D eigenvalue weighted by molar-refractivity contribution is 5.88. The van der Waals surface area contributed by atoms with Crippen LogP contribution >= 0.6 is 0 Å². The number of aryl methyl sites for hydroxylation is 1. The van der Waals surface area contributed by atoms with Crippen LogP contribution in [-0.4, -0.2) is 11.1 Å². The van der Waals surface area contributed by atoms with Gasteiger partial charge in [0.05, 0.1) is 5.56 Å². The molecular weight excluding hydrogens is 188 g/mol. The van der Waals surface area contributed by atoms with Gasteiger partial charge in [0.25, 0.3) is 0 Å². The number of carboxylic acids is 1. The summed E-state index contributed by atoms with van der Waals surface area (Å²) < 4.78 is 0. The van der Waals surface area contributed by atoms with Crippen LogP contribution in [0.2, 0.25) is 0 Å². The molecule has 1 N–H and O–H groups in total. The van der Waals surface area contributed by atoms with Crippen LogP contribution in [0.4, 0.5) is 0 Å². The second-order valence-electron chi connectivity index (χ2n) is 3.96. The molecule has 2 nitrogen and oxygen atoms in total. The molecule has 1 aliphatic carbocycles. The predicted molar refractivity (Wildman–Crippen MR) is 60.0 cm³/mol. The molecule has 1 aromatic rings. The highest BCUT2D eigenvalue weighted by Crippen LogP contribution is 2.29. The molecule has 0 saturated carbocycles. The van der Waals surface area contributed by atoms with E-state index >= 15 is 0 Å². The highest BCUT2D eigenvalue weighted by Gasteiger charge is 2.11. The fourth-order valence-electron chi connectivity index (χ4n) is 2.07. The van der Waals surface area contributed by atoms with E-state index in [2.05, 4.69) is 6.08 Å². The monoisotopic (exact) mass is 202 g/mol. The number of aromatic carboxylic acids is 1. The maximum absolute atomic E-state index is 10.8. The summed E-state index contributed by atoms with van der Waals surface area (Å²) in [6.07, 6.45) is 5.74. The van der Waals surface area contributed by atoms with Gasteiger partial charge in [-0.15, -0.1) is 0 Å². The van der Waals surface area contributed by atoms with Crippen LogP contribution in [0.25, 0.3) is 5.57 Å². The van der Waals surface area contributed by atoms with E-state index in [1.165, 1.54) is 17.6 Å². The number of carboxylic acid groups (broad SMARTS) is 1. The van der Waals surface area contributed by atoms with Crippen molar-refractivity contribution in [1.29, 1.82) is 0 Å². The standard InChI is InChI=1S/C13H14O2/c1-9-8-11(13(14)15)6-7-12(9)10-4-2-3-5-10/h4,6-8H,2-3,5H2,1H3,(H,14,15). The third-order valence-electron chi connectivity index (χ3n) is 2.86. The van der Waals surface area contributed by atoms with Crippen molar-refractivity contribution in [1.82, 2.24) is 0 Å². The third-order valence-corrected chi connectivity index (χ3v) is 2.86. The van der Waals surface area contributed by atoms with Crippen molar-refractivity contribution in [2.24, 2.45) is 0 Å². The third kappa shape index (κ3) is 1.94. The Morgan fingerprint density at radius 2 is 2.20 bits per heavy atom. The van der Waals surface area contributed by atoms with Crippen LogP contribution in [0.1, 0.15) is 40.7 Å². The minimum atomic E-state index is -0.856. The average Bonchev–Trinajstić information content (AvgIpc) is 2.70. The normalized spacial score (nSPS) is 15.1. The van der Waals surface area contributed by atoms with Crippen LogP contribution < -0.4 is 0 Å². The molecule has 0 saturated heterocycles. The van der Waals surface area contributed by atoms with Crippen LogP contribution in [0.3, 0.4) is 0 Å². The summed E-state index contributed by atoms with van der Waals surface area (Å²) in [6, 6.07) is 5.36. The Bertz CT molecular complexity index is 430. The van der Waals surface area contributed by atoms with Crippen LogP contribution in [0.5, 0.6) is 0 Å². The maximum atomic E-state index is 10.8. The molecular formula is C13H14O2. The Labute approximate surface area is 89.2 Å². The number of hydrogen-bond acceptors (Lipinski definition) is 1. The Kier molecular flexibility index (Phi) is 2.58. The fourth-order valence-corrected chi connectivity index (χ4v) is 2.07. The van der Waals surface area contributed by atoms with E-state index in [9.17, 15) is 4.79 Å². The van der Waals surface area contributed by atoms with E-state index in [1.807, 2.05) is 13.0 Å². The van der Waals surface area contributed by atoms with Gasteiger partial charge in [0, 0.05) is 0 Å². The van der Waals surface area contributed by atoms with Crippen LogP contribution in [0.15, 0.2) is 24.3 Å². The van der Waals surface area contributed by atoms with Crippen molar-refractivity contribution < 1.29 is 9.90 Å².